The van der Waals surface area contributed by atoms with Gasteiger partial charge in [-0.3, -0.25) is 4.98 Å². The molecule has 17 rings (SSSR count). The summed E-state index contributed by atoms with van der Waals surface area (Å²) in [4.78, 5) is 43.2. The smallest absolute Gasteiger partial charge is 0.274 e. The second-order valence-corrected chi connectivity index (χ2v) is 23.6. The van der Waals surface area contributed by atoms with Crippen molar-refractivity contribution in [2.45, 2.75) is 14.4 Å². The molecule has 0 saturated heterocycles. The molecule has 0 spiro atoms. The molecule has 0 amide bonds. The van der Waals surface area contributed by atoms with E-state index in [1.165, 1.54) is 20.7 Å². The molecule has 0 bridgehead atoms. The van der Waals surface area contributed by atoms with Crippen LogP contribution in [0.5, 0.6) is 57.6 Å². The molecule has 0 aliphatic carbocycles. The summed E-state index contributed by atoms with van der Waals surface area (Å²) in [5.74, 6) is 6.21. The number of thiophene rings is 3. The molecule has 0 saturated carbocycles. The number of benzene rings is 3. The molecular formula is C71H61ClN10O12S4. The standard InChI is InChI=1S/C12H9N3OS.C12H9NO2.C11H8ClNO3.C11H10N2O2S.C8H7NO2.2C8H7NOS.CH4/c1-16-11-8-5-7-17-12(8)15-10(14-11)9-4-2-3-6-13-9;1-14-12-9-5-3-2-4-8(9)11-10(13-12)6-7-15-11;1-14-8-4-7-6(2-3-13-11(7)12)9-10(8)16-5-15-9;1-4-15-9-5-8(14-3)10-7(12-2)6-16-11(10)13-9;2*1-10-8-6-3-5-11-7(6)2-4-9-8;1-10-8-9-6-4-2-3-5-7(6)11-8;/h2-7H,1H3;2-7H,1H3;2-4H,5H2,1H3;5-6H,4H2,1,3H3;3*2-5H,1H3;1H4. The lowest BCUT2D eigenvalue weighted by molar-refractivity contribution is 0.172. The van der Waals surface area contributed by atoms with Gasteiger partial charge in [0, 0.05) is 63.2 Å². The van der Waals surface area contributed by atoms with E-state index in [1.807, 2.05) is 121 Å². The van der Waals surface area contributed by atoms with E-state index in [-0.39, 0.29) is 14.2 Å². The average molecular weight is 1410 g/mol. The van der Waals surface area contributed by atoms with E-state index in [4.69, 9.17) is 74.4 Å². The Morgan fingerprint density at radius 1 is 0.520 bits per heavy atom. The summed E-state index contributed by atoms with van der Waals surface area (Å²) < 4.78 is 65.2. The summed E-state index contributed by atoms with van der Waals surface area (Å²) >= 11 is 12.3. The summed E-state index contributed by atoms with van der Waals surface area (Å²) in [6, 6.07) is 38.4. The van der Waals surface area contributed by atoms with Crippen molar-refractivity contribution in [1.82, 2.24) is 44.9 Å². The first kappa shape index (κ1) is 69.6. The highest BCUT2D eigenvalue weighted by Gasteiger charge is 2.24. The number of hydrogen-bond acceptors (Lipinski definition) is 25. The molecule has 14 heterocycles. The first-order valence-electron chi connectivity index (χ1n) is 29.1. The molecule has 1 aliphatic heterocycles. The quantitative estimate of drug-likeness (QED) is 0.0913. The summed E-state index contributed by atoms with van der Waals surface area (Å²) in [5, 5.41) is 14.4. The number of halogens is 1. The van der Waals surface area contributed by atoms with Gasteiger partial charge in [-0.25, -0.2) is 39.7 Å². The number of furan rings is 2. The Balaban J connectivity index is 0.000000125. The van der Waals surface area contributed by atoms with E-state index in [9.17, 15) is 0 Å². The molecule has 0 radical (unpaired) electrons. The van der Waals surface area contributed by atoms with E-state index >= 15 is 0 Å². The van der Waals surface area contributed by atoms with Crippen molar-refractivity contribution in [2.75, 3.05) is 63.2 Å². The normalized spacial score (nSPS) is 10.8. The highest BCUT2D eigenvalue weighted by atomic mass is 35.5. The minimum Gasteiger partial charge on any atom is -0.497 e. The minimum absolute atomic E-state index is 0. The highest BCUT2D eigenvalue weighted by Crippen LogP contribution is 2.47. The maximum Gasteiger partial charge on any atom is 0.274 e. The number of aromatic nitrogens is 9. The number of fused-ring (bicyclic) bond motifs is 11. The van der Waals surface area contributed by atoms with Crippen LogP contribution in [-0.2, 0) is 0 Å². The Bertz CT molecular complexity index is 5240. The number of methoxy groups -OCH3 is 7. The number of para-hydroxylation sites is 1. The van der Waals surface area contributed by atoms with E-state index < -0.39 is 0 Å². The van der Waals surface area contributed by atoms with Gasteiger partial charge in [-0.05, 0) is 95.9 Å². The predicted molar refractivity (Wildman–Crippen MR) is 388 cm³/mol. The van der Waals surface area contributed by atoms with Crippen molar-refractivity contribution < 1.29 is 56.2 Å². The van der Waals surface area contributed by atoms with Crippen molar-refractivity contribution in [2.24, 2.45) is 0 Å². The van der Waals surface area contributed by atoms with Gasteiger partial charge >= 0.3 is 0 Å². The third-order valence-electron chi connectivity index (χ3n) is 14.0. The molecule has 16 aromatic rings. The van der Waals surface area contributed by atoms with Gasteiger partial charge in [0.2, 0.25) is 47.6 Å². The zero-order valence-corrected chi connectivity index (χ0v) is 57.1. The van der Waals surface area contributed by atoms with Crippen LogP contribution in [0.4, 0.5) is 5.69 Å². The van der Waals surface area contributed by atoms with Gasteiger partial charge in [0.15, 0.2) is 22.9 Å². The summed E-state index contributed by atoms with van der Waals surface area (Å²) in [6.07, 6.45) is 10.0. The Kier molecular flexibility index (Phi) is 23.8. The van der Waals surface area contributed by atoms with Crippen molar-refractivity contribution in [3.05, 3.63) is 191 Å². The van der Waals surface area contributed by atoms with Gasteiger partial charge < -0.3 is 56.2 Å². The largest absolute Gasteiger partial charge is 0.497 e. The van der Waals surface area contributed by atoms with Crippen LogP contribution in [0.15, 0.2) is 184 Å². The number of hydrogen-bond donors (Lipinski definition) is 0. The lowest BCUT2D eigenvalue weighted by atomic mass is 10.1. The molecular weight excluding hydrogens is 1350 g/mol. The molecule has 98 heavy (non-hydrogen) atoms. The molecule has 22 nitrogen and oxygen atoms in total. The zero-order chi connectivity index (χ0) is 67.6. The van der Waals surface area contributed by atoms with Crippen molar-refractivity contribution in [1.29, 1.82) is 0 Å². The number of ether oxygens (including phenoxy) is 10. The Labute approximate surface area is 582 Å². The zero-order valence-electron chi connectivity index (χ0n) is 53.0. The fourth-order valence-corrected chi connectivity index (χ4v) is 13.0. The Morgan fingerprint density at radius 3 is 1.97 bits per heavy atom. The lowest BCUT2D eigenvalue weighted by Crippen LogP contribution is -1.95. The van der Waals surface area contributed by atoms with E-state index in [0.717, 1.165) is 85.8 Å². The maximum atomic E-state index is 7.07. The van der Waals surface area contributed by atoms with Crippen LogP contribution in [0.3, 0.4) is 0 Å². The van der Waals surface area contributed by atoms with Crippen LogP contribution in [0, 0.1) is 6.57 Å². The fourth-order valence-electron chi connectivity index (χ4n) is 9.61. The Morgan fingerprint density at radius 2 is 1.22 bits per heavy atom. The van der Waals surface area contributed by atoms with Crippen LogP contribution >= 0.6 is 56.9 Å². The van der Waals surface area contributed by atoms with Crippen LogP contribution in [-0.4, -0.2) is 108 Å². The molecule has 498 valence electrons. The fraction of sp³-hybridized carbons (Fsp3) is 0.155. The van der Waals surface area contributed by atoms with Crippen LogP contribution in [0.1, 0.15) is 14.4 Å². The summed E-state index contributed by atoms with van der Waals surface area (Å²) in [7, 11) is 11.3. The first-order chi connectivity index (χ1) is 47.6. The predicted octanol–water partition coefficient (Wildman–Crippen LogP) is 18.7. The second kappa shape index (κ2) is 33.4. The van der Waals surface area contributed by atoms with Gasteiger partial charge in [0.05, 0.1) is 107 Å². The molecule has 1 aliphatic rings. The molecule has 0 N–H and O–H groups in total. The SMILES string of the molecule is C.COc1cc2c(Cl)nccc2c2c1OCO2.COc1nc(-c2ccccn2)nc2sccc12.COc1nc2ccccc2s1.COc1nc2ccoc2c2ccccc12.COc1nccc2occc12.COc1nccc2sccc12.[C-]#[N+]c1csc2nc(OCC)cc(OC)c12. The van der Waals surface area contributed by atoms with Crippen molar-refractivity contribution in [3.8, 4) is 69.1 Å². The third-order valence-corrected chi connectivity index (χ3v) is 17.8. The number of nitrogens with zero attached hydrogens (tertiary/aromatic N) is 10. The molecule has 27 heteroatoms. The molecule has 0 atom stereocenters. The summed E-state index contributed by atoms with van der Waals surface area (Å²) in [6.45, 7) is 9.72. The van der Waals surface area contributed by atoms with E-state index in [0.29, 0.717) is 75.7 Å². The molecule has 0 fully saturated rings. The van der Waals surface area contributed by atoms with Crippen LogP contribution < -0.4 is 47.4 Å². The van der Waals surface area contributed by atoms with Crippen LogP contribution in [0.2, 0.25) is 5.15 Å². The number of thiazole rings is 1. The summed E-state index contributed by atoms with van der Waals surface area (Å²) in [5.41, 5.74) is 4.77. The molecule has 0 unspecified atom stereocenters. The first-order valence-corrected chi connectivity index (χ1v) is 33.0. The van der Waals surface area contributed by atoms with Crippen molar-refractivity contribution in [3.63, 3.8) is 0 Å². The van der Waals surface area contributed by atoms with Gasteiger partial charge in [-0.2, -0.15) is 4.98 Å². The highest BCUT2D eigenvalue weighted by molar-refractivity contribution is 7.20. The Hall–Kier alpha value is -11.2. The number of pyridine rings is 6. The topological polar surface area (TPSA) is 239 Å². The van der Waals surface area contributed by atoms with Gasteiger partial charge in [0.1, 0.15) is 37.4 Å². The number of rotatable bonds is 10. The lowest BCUT2D eigenvalue weighted by Gasteiger charge is -2.08. The molecule has 13 aromatic heterocycles. The van der Waals surface area contributed by atoms with Crippen molar-refractivity contribution >= 4 is 147 Å². The molecule has 3 aromatic carbocycles. The van der Waals surface area contributed by atoms with E-state index in [2.05, 4.69) is 49.7 Å². The van der Waals surface area contributed by atoms with Crippen LogP contribution in [0.25, 0.3) is 101 Å². The van der Waals surface area contributed by atoms with Gasteiger partial charge in [0.25, 0.3) is 5.19 Å². The van der Waals surface area contributed by atoms with E-state index in [1.54, 1.807) is 145 Å². The average Bonchev–Trinajstić information content (AvgIpc) is 1.50. The maximum absolute atomic E-state index is 7.07. The van der Waals surface area contributed by atoms with Gasteiger partial charge in [-0.15, -0.1) is 34.0 Å². The second-order valence-electron chi connectivity index (χ2n) is 19.5. The third kappa shape index (κ3) is 15.7. The van der Waals surface area contributed by atoms with Gasteiger partial charge in [-0.1, -0.05) is 66.8 Å². The minimum atomic E-state index is 0. The monoisotopic (exact) mass is 1410 g/mol.